The van der Waals surface area contributed by atoms with Crippen molar-refractivity contribution < 1.29 is 10.0 Å². The maximum Gasteiger partial charge on any atom is 0.267 e. The van der Waals surface area contributed by atoms with Gasteiger partial charge < -0.3 is 5.41 Å². The molecule has 1 aromatic carbocycles. The van der Waals surface area contributed by atoms with E-state index in [-0.39, 0.29) is 5.92 Å². The van der Waals surface area contributed by atoms with Gasteiger partial charge in [-0.1, -0.05) is 44.5 Å². The van der Waals surface area contributed by atoms with Crippen LogP contribution in [0.25, 0.3) is 6.08 Å². The first-order valence-corrected chi connectivity index (χ1v) is 10.7. The SMILES string of the molecule is CCCCn1nc(C)c(CCC(=N)[C@@H](CC)c2ccc(/C=C/C(=O)NO)cc2)c1C. The number of amides is 1. The van der Waals surface area contributed by atoms with Gasteiger partial charge in [0.05, 0.1) is 5.69 Å². The Bertz CT molecular complexity index is 881. The summed E-state index contributed by atoms with van der Waals surface area (Å²) in [6.07, 6.45) is 7.64. The van der Waals surface area contributed by atoms with Crippen LogP contribution in [0.4, 0.5) is 0 Å². The average molecular weight is 411 g/mol. The number of carbonyl (C=O) groups is 1. The molecule has 1 atom stereocenters. The Hall–Kier alpha value is -2.73. The van der Waals surface area contributed by atoms with Gasteiger partial charge >= 0.3 is 0 Å². The van der Waals surface area contributed by atoms with Crippen LogP contribution in [-0.2, 0) is 17.8 Å². The molecule has 0 fully saturated rings. The minimum Gasteiger partial charge on any atom is -0.309 e. The van der Waals surface area contributed by atoms with E-state index in [9.17, 15) is 4.79 Å². The fourth-order valence-corrected chi connectivity index (χ4v) is 3.79. The summed E-state index contributed by atoms with van der Waals surface area (Å²) in [6.45, 7) is 9.45. The van der Waals surface area contributed by atoms with E-state index in [1.165, 1.54) is 17.3 Å². The van der Waals surface area contributed by atoms with Gasteiger partial charge in [0, 0.05) is 29.9 Å². The highest BCUT2D eigenvalue weighted by Crippen LogP contribution is 2.25. The zero-order valence-electron chi connectivity index (χ0n) is 18.5. The third kappa shape index (κ3) is 6.13. The maximum atomic E-state index is 11.1. The van der Waals surface area contributed by atoms with Gasteiger partial charge in [0.1, 0.15) is 0 Å². The molecule has 0 bridgehead atoms. The van der Waals surface area contributed by atoms with Crippen LogP contribution in [0.3, 0.4) is 0 Å². The number of benzene rings is 1. The number of nitrogens with zero attached hydrogens (tertiary/aromatic N) is 2. The summed E-state index contributed by atoms with van der Waals surface area (Å²) in [5.41, 5.74) is 7.87. The Labute approximate surface area is 179 Å². The highest BCUT2D eigenvalue weighted by atomic mass is 16.5. The normalized spacial score (nSPS) is 12.3. The lowest BCUT2D eigenvalue weighted by Crippen LogP contribution is -2.14. The van der Waals surface area contributed by atoms with E-state index in [0.29, 0.717) is 0 Å². The van der Waals surface area contributed by atoms with Gasteiger partial charge in [-0.15, -0.1) is 0 Å². The average Bonchev–Trinajstić information content (AvgIpc) is 3.02. The molecule has 30 heavy (non-hydrogen) atoms. The third-order valence-corrected chi connectivity index (χ3v) is 5.60. The number of hydroxylamine groups is 1. The summed E-state index contributed by atoms with van der Waals surface area (Å²) in [7, 11) is 0. The molecule has 6 heteroatoms. The van der Waals surface area contributed by atoms with Crippen LogP contribution in [0.1, 0.15) is 73.5 Å². The minimum atomic E-state index is -0.559. The predicted molar refractivity (Wildman–Crippen MR) is 121 cm³/mol. The Morgan fingerprint density at radius 2 is 1.97 bits per heavy atom. The molecule has 162 valence electrons. The van der Waals surface area contributed by atoms with E-state index in [0.717, 1.165) is 61.2 Å². The molecule has 2 aromatic rings. The zero-order chi connectivity index (χ0) is 22.1. The lowest BCUT2D eigenvalue weighted by molar-refractivity contribution is -0.124. The van der Waals surface area contributed by atoms with Crippen molar-refractivity contribution in [3.05, 3.63) is 58.4 Å². The van der Waals surface area contributed by atoms with Crippen molar-refractivity contribution in [2.45, 2.75) is 72.3 Å². The number of carbonyl (C=O) groups excluding carboxylic acids is 1. The first kappa shape index (κ1) is 23.5. The van der Waals surface area contributed by atoms with Crippen molar-refractivity contribution in [1.82, 2.24) is 15.3 Å². The molecule has 3 N–H and O–H groups in total. The van der Waals surface area contributed by atoms with Gasteiger partial charge in [-0.3, -0.25) is 14.7 Å². The van der Waals surface area contributed by atoms with Crippen LogP contribution >= 0.6 is 0 Å². The molecule has 0 saturated heterocycles. The van der Waals surface area contributed by atoms with Gasteiger partial charge in [-0.05, 0) is 62.3 Å². The number of aryl methyl sites for hydroxylation is 2. The Morgan fingerprint density at radius 3 is 2.57 bits per heavy atom. The zero-order valence-corrected chi connectivity index (χ0v) is 18.5. The summed E-state index contributed by atoms with van der Waals surface area (Å²) in [4.78, 5) is 11.1. The Balaban J connectivity index is 2.04. The molecular formula is C24H34N4O2. The number of hydrogen-bond donors (Lipinski definition) is 3. The first-order chi connectivity index (χ1) is 14.4. The van der Waals surface area contributed by atoms with E-state index in [1.54, 1.807) is 11.6 Å². The lowest BCUT2D eigenvalue weighted by atomic mass is 9.88. The molecule has 0 aliphatic carbocycles. The fraction of sp³-hybridized carbons (Fsp3) is 0.458. The van der Waals surface area contributed by atoms with Crippen molar-refractivity contribution in [2.75, 3.05) is 0 Å². The largest absolute Gasteiger partial charge is 0.309 e. The second kappa shape index (κ2) is 11.5. The van der Waals surface area contributed by atoms with Crippen molar-refractivity contribution >= 4 is 17.7 Å². The molecule has 0 radical (unpaired) electrons. The number of aromatic nitrogens is 2. The van der Waals surface area contributed by atoms with E-state index >= 15 is 0 Å². The molecule has 0 spiro atoms. The highest BCUT2D eigenvalue weighted by molar-refractivity contribution is 5.91. The summed E-state index contributed by atoms with van der Waals surface area (Å²) in [5.74, 6) is -0.476. The van der Waals surface area contributed by atoms with Gasteiger partial charge in [-0.25, -0.2) is 5.48 Å². The molecule has 0 unspecified atom stereocenters. The fourth-order valence-electron chi connectivity index (χ4n) is 3.79. The smallest absolute Gasteiger partial charge is 0.267 e. The van der Waals surface area contributed by atoms with E-state index in [4.69, 9.17) is 15.7 Å². The molecule has 0 aliphatic rings. The molecule has 2 rings (SSSR count). The van der Waals surface area contributed by atoms with Crippen molar-refractivity contribution in [3.63, 3.8) is 0 Å². The number of hydrogen-bond acceptors (Lipinski definition) is 4. The van der Waals surface area contributed by atoms with Gasteiger partial charge in [0.15, 0.2) is 0 Å². The summed E-state index contributed by atoms with van der Waals surface area (Å²) < 4.78 is 2.11. The summed E-state index contributed by atoms with van der Waals surface area (Å²) >= 11 is 0. The van der Waals surface area contributed by atoms with Gasteiger partial charge in [-0.2, -0.15) is 5.10 Å². The van der Waals surface area contributed by atoms with Crippen molar-refractivity contribution in [3.8, 4) is 0 Å². The number of unbranched alkanes of at least 4 members (excludes halogenated alkanes) is 1. The maximum absolute atomic E-state index is 11.1. The van der Waals surface area contributed by atoms with E-state index in [2.05, 4.69) is 32.4 Å². The minimum absolute atomic E-state index is 0.0829. The Kier molecular flexibility index (Phi) is 8.99. The standard InChI is InChI=1S/C24H34N4O2/c1-5-7-16-28-18(4)22(17(3)26-28)13-14-23(25)21(6-2)20-11-8-19(9-12-20)10-15-24(29)27-30/h8-12,15,21,25,30H,5-7,13-14,16H2,1-4H3,(H,27,29)/b15-10+,25-23?/t21-/m0/s1. The summed E-state index contributed by atoms with van der Waals surface area (Å²) in [6, 6.07) is 7.88. The molecule has 6 nitrogen and oxygen atoms in total. The van der Waals surface area contributed by atoms with Crippen LogP contribution in [0.5, 0.6) is 0 Å². The van der Waals surface area contributed by atoms with Crippen molar-refractivity contribution in [2.24, 2.45) is 0 Å². The van der Waals surface area contributed by atoms with Crippen LogP contribution in [0.15, 0.2) is 30.3 Å². The second-order valence-electron chi connectivity index (χ2n) is 7.69. The van der Waals surface area contributed by atoms with E-state index in [1.807, 2.05) is 24.3 Å². The Morgan fingerprint density at radius 1 is 1.27 bits per heavy atom. The topological polar surface area (TPSA) is 91.0 Å². The molecule has 1 aromatic heterocycles. The van der Waals surface area contributed by atoms with E-state index < -0.39 is 5.91 Å². The molecular weight excluding hydrogens is 376 g/mol. The highest BCUT2D eigenvalue weighted by Gasteiger charge is 2.17. The number of nitrogens with one attached hydrogen (secondary N) is 2. The van der Waals surface area contributed by atoms with Crippen molar-refractivity contribution in [1.29, 1.82) is 5.41 Å². The quantitative estimate of drug-likeness (QED) is 0.211. The van der Waals surface area contributed by atoms with Crippen LogP contribution in [0.2, 0.25) is 0 Å². The third-order valence-electron chi connectivity index (χ3n) is 5.60. The molecule has 0 aliphatic heterocycles. The van der Waals surface area contributed by atoms with Crippen LogP contribution in [0, 0.1) is 19.3 Å². The molecule has 1 heterocycles. The molecule has 1 amide bonds. The first-order valence-electron chi connectivity index (χ1n) is 10.7. The predicted octanol–water partition coefficient (Wildman–Crippen LogP) is 4.96. The monoisotopic (exact) mass is 410 g/mol. The molecule has 0 saturated carbocycles. The van der Waals surface area contributed by atoms with Crippen LogP contribution in [-0.4, -0.2) is 26.6 Å². The lowest BCUT2D eigenvalue weighted by Gasteiger charge is -2.17. The summed E-state index contributed by atoms with van der Waals surface area (Å²) in [5, 5.41) is 21.9. The van der Waals surface area contributed by atoms with Gasteiger partial charge in [0.2, 0.25) is 0 Å². The second-order valence-corrected chi connectivity index (χ2v) is 7.69. The number of rotatable bonds is 11. The van der Waals surface area contributed by atoms with Gasteiger partial charge in [0.25, 0.3) is 5.91 Å². The van der Waals surface area contributed by atoms with Crippen LogP contribution < -0.4 is 5.48 Å².